The summed E-state index contributed by atoms with van der Waals surface area (Å²) in [6.07, 6.45) is 0. The molecule has 1 aliphatic rings. The number of nitrogens with zero attached hydrogens (tertiary/aromatic N) is 1. The van der Waals surface area contributed by atoms with Gasteiger partial charge in [0.1, 0.15) is 5.82 Å². The molecule has 1 heterocycles. The topological polar surface area (TPSA) is 29.5 Å². The lowest BCUT2D eigenvalue weighted by atomic mass is 10.1. The molecular weight excluding hydrogens is 289 g/mol. The summed E-state index contributed by atoms with van der Waals surface area (Å²) in [6.45, 7) is 3.52. The molecule has 1 fully saturated rings. The van der Waals surface area contributed by atoms with Gasteiger partial charge >= 0.3 is 0 Å². The van der Waals surface area contributed by atoms with Crippen LogP contribution < -0.4 is 0 Å². The zero-order valence-corrected chi connectivity index (χ0v) is 11.0. The van der Waals surface area contributed by atoms with Crippen LogP contribution in [0.5, 0.6) is 0 Å². The number of carbonyl (C=O) groups excluding carboxylic acids is 1. The monoisotopic (exact) mass is 301 g/mol. The Morgan fingerprint density at radius 1 is 1.59 bits per heavy atom. The summed E-state index contributed by atoms with van der Waals surface area (Å²) in [4.78, 5) is 14.0. The van der Waals surface area contributed by atoms with Crippen LogP contribution in [0.4, 0.5) is 4.39 Å². The molecule has 2 rings (SSSR count). The fourth-order valence-corrected chi connectivity index (χ4v) is 2.29. The van der Waals surface area contributed by atoms with E-state index in [1.54, 1.807) is 17.0 Å². The molecule has 5 heteroatoms. The van der Waals surface area contributed by atoms with E-state index in [0.717, 1.165) is 0 Å². The Hall–Kier alpha value is -0.940. The first-order valence-corrected chi connectivity index (χ1v) is 6.23. The average molecular weight is 302 g/mol. The molecule has 1 aromatic carbocycles. The number of morpholine rings is 1. The van der Waals surface area contributed by atoms with Gasteiger partial charge in [-0.25, -0.2) is 4.39 Å². The molecule has 0 spiro atoms. The van der Waals surface area contributed by atoms with Gasteiger partial charge in [0.2, 0.25) is 0 Å². The molecule has 0 N–H and O–H groups in total. The number of carbonyl (C=O) groups is 1. The summed E-state index contributed by atoms with van der Waals surface area (Å²) in [7, 11) is 0. The fourth-order valence-electron chi connectivity index (χ4n) is 1.85. The highest BCUT2D eigenvalue weighted by Gasteiger charge is 2.26. The molecule has 1 aromatic rings. The molecule has 0 aromatic heterocycles. The summed E-state index contributed by atoms with van der Waals surface area (Å²) in [5.41, 5.74) is 0.360. The highest BCUT2D eigenvalue weighted by Crippen LogP contribution is 2.23. The van der Waals surface area contributed by atoms with Gasteiger partial charge in [0.05, 0.1) is 29.3 Å². The predicted octanol–water partition coefficient (Wildman–Crippen LogP) is 2.45. The number of rotatable bonds is 1. The standard InChI is InChI=1S/C12H13BrFNO2/c1-8-7-17-6-5-15(8)12(16)9-3-2-4-10(14)11(9)13/h2-4,8H,5-7H2,1H3. The van der Waals surface area contributed by atoms with Crippen molar-refractivity contribution in [3.63, 3.8) is 0 Å². The Labute approximate surface area is 108 Å². The Bertz CT molecular complexity index is 439. The third kappa shape index (κ3) is 2.50. The van der Waals surface area contributed by atoms with Crippen molar-refractivity contribution in [2.45, 2.75) is 13.0 Å². The first-order valence-electron chi connectivity index (χ1n) is 5.44. The van der Waals surface area contributed by atoms with Crippen molar-refractivity contribution >= 4 is 21.8 Å². The molecule has 1 unspecified atom stereocenters. The molecule has 1 aliphatic heterocycles. The van der Waals surface area contributed by atoms with Gasteiger partial charge < -0.3 is 9.64 Å². The van der Waals surface area contributed by atoms with Gasteiger partial charge in [-0.05, 0) is 35.0 Å². The Morgan fingerprint density at radius 2 is 2.35 bits per heavy atom. The summed E-state index contributed by atoms with van der Waals surface area (Å²) < 4.78 is 18.9. The van der Waals surface area contributed by atoms with E-state index in [0.29, 0.717) is 25.3 Å². The van der Waals surface area contributed by atoms with Crippen LogP contribution >= 0.6 is 15.9 Å². The minimum absolute atomic E-state index is 0.0198. The van der Waals surface area contributed by atoms with E-state index in [1.165, 1.54) is 6.07 Å². The van der Waals surface area contributed by atoms with E-state index in [1.807, 2.05) is 6.92 Å². The van der Waals surface area contributed by atoms with Crippen LogP contribution in [0.1, 0.15) is 17.3 Å². The molecule has 1 amide bonds. The normalized spacial score (nSPS) is 20.4. The molecular formula is C12H13BrFNO2. The number of ether oxygens (including phenoxy) is 1. The van der Waals surface area contributed by atoms with E-state index >= 15 is 0 Å². The van der Waals surface area contributed by atoms with Crippen molar-refractivity contribution < 1.29 is 13.9 Å². The van der Waals surface area contributed by atoms with E-state index in [4.69, 9.17) is 4.74 Å². The number of hydrogen-bond donors (Lipinski definition) is 0. The summed E-state index contributed by atoms with van der Waals surface area (Å²) in [5, 5.41) is 0. The highest BCUT2D eigenvalue weighted by molar-refractivity contribution is 9.10. The van der Waals surface area contributed by atoms with Gasteiger partial charge in [-0.1, -0.05) is 6.07 Å². The van der Waals surface area contributed by atoms with E-state index in [9.17, 15) is 9.18 Å². The van der Waals surface area contributed by atoms with Gasteiger partial charge in [0.15, 0.2) is 0 Å². The number of halogens is 2. The van der Waals surface area contributed by atoms with Crippen molar-refractivity contribution in [2.75, 3.05) is 19.8 Å². The van der Waals surface area contributed by atoms with Gasteiger partial charge in [-0.2, -0.15) is 0 Å². The maximum atomic E-state index is 13.4. The van der Waals surface area contributed by atoms with Crippen molar-refractivity contribution in [2.24, 2.45) is 0 Å². The van der Waals surface area contributed by atoms with Crippen molar-refractivity contribution in [1.29, 1.82) is 0 Å². The Kier molecular flexibility index (Phi) is 3.79. The third-order valence-electron chi connectivity index (χ3n) is 2.81. The minimum Gasteiger partial charge on any atom is -0.377 e. The maximum absolute atomic E-state index is 13.4. The van der Waals surface area contributed by atoms with Crippen LogP contribution in [-0.2, 0) is 4.74 Å². The highest BCUT2D eigenvalue weighted by atomic mass is 79.9. The summed E-state index contributed by atoms with van der Waals surface area (Å²) in [5.74, 6) is -0.580. The molecule has 1 atom stereocenters. The van der Waals surface area contributed by atoms with Crippen LogP contribution in [0.15, 0.2) is 22.7 Å². The predicted molar refractivity (Wildman–Crippen MR) is 65.4 cm³/mol. The molecule has 0 saturated carbocycles. The SMILES string of the molecule is CC1COCCN1C(=O)c1cccc(F)c1Br. The molecule has 0 bridgehead atoms. The zero-order valence-electron chi connectivity index (χ0n) is 9.45. The Balaban J connectivity index is 2.27. The van der Waals surface area contributed by atoms with E-state index < -0.39 is 5.82 Å². The van der Waals surface area contributed by atoms with Crippen LogP contribution in [0.25, 0.3) is 0 Å². The molecule has 3 nitrogen and oxygen atoms in total. The number of amides is 1. The summed E-state index contributed by atoms with van der Waals surface area (Å²) >= 11 is 3.11. The van der Waals surface area contributed by atoms with Crippen molar-refractivity contribution in [3.05, 3.63) is 34.1 Å². The first kappa shape index (κ1) is 12.5. The van der Waals surface area contributed by atoms with Crippen molar-refractivity contribution in [1.82, 2.24) is 4.90 Å². The molecule has 92 valence electrons. The van der Waals surface area contributed by atoms with E-state index in [2.05, 4.69) is 15.9 Å². The molecule has 17 heavy (non-hydrogen) atoms. The maximum Gasteiger partial charge on any atom is 0.255 e. The Morgan fingerprint density at radius 3 is 3.06 bits per heavy atom. The van der Waals surface area contributed by atoms with E-state index in [-0.39, 0.29) is 16.4 Å². The molecule has 0 radical (unpaired) electrons. The first-order chi connectivity index (χ1) is 8.11. The van der Waals surface area contributed by atoms with Gasteiger partial charge in [-0.15, -0.1) is 0 Å². The zero-order chi connectivity index (χ0) is 12.4. The number of hydrogen-bond acceptors (Lipinski definition) is 2. The average Bonchev–Trinajstić information content (AvgIpc) is 2.32. The molecule has 0 aliphatic carbocycles. The second kappa shape index (κ2) is 5.14. The second-order valence-electron chi connectivity index (χ2n) is 4.02. The quantitative estimate of drug-likeness (QED) is 0.797. The fraction of sp³-hybridized carbons (Fsp3) is 0.417. The van der Waals surface area contributed by atoms with Crippen LogP contribution in [0.3, 0.4) is 0 Å². The third-order valence-corrected chi connectivity index (χ3v) is 3.62. The number of benzene rings is 1. The van der Waals surface area contributed by atoms with Crippen LogP contribution in [0.2, 0.25) is 0 Å². The van der Waals surface area contributed by atoms with Gasteiger partial charge in [0, 0.05) is 6.54 Å². The second-order valence-corrected chi connectivity index (χ2v) is 4.82. The lowest BCUT2D eigenvalue weighted by Gasteiger charge is -2.33. The summed E-state index contributed by atoms with van der Waals surface area (Å²) in [6, 6.07) is 4.51. The minimum atomic E-state index is -0.420. The lowest BCUT2D eigenvalue weighted by molar-refractivity contribution is 0.00351. The van der Waals surface area contributed by atoms with Crippen LogP contribution in [0, 0.1) is 5.82 Å². The smallest absolute Gasteiger partial charge is 0.255 e. The van der Waals surface area contributed by atoms with Crippen molar-refractivity contribution in [3.8, 4) is 0 Å². The lowest BCUT2D eigenvalue weighted by Crippen LogP contribution is -2.47. The largest absolute Gasteiger partial charge is 0.377 e. The van der Waals surface area contributed by atoms with Gasteiger partial charge in [-0.3, -0.25) is 4.79 Å². The molecule has 1 saturated heterocycles. The van der Waals surface area contributed by atoms with Gasteiger partial charge in [0.25, 0.3) is 5.91 Å². The van der Waals surface area contributed by atoms with Crippen LogP contribution in [-0.4, -0.2) is 36.6 Å².